The lowest BCUT2D eigenvalue weighted by Crippen LogP contribution is -2.24. The Morgan fingerprint density at radius 3 is 2.66 bits per heavy atom. The number of hydrogen-bond acceptors (Lipinski definition) is 6. The number of Topliss-reactive ketones (excluding diaryl/α,β-unsaturated/α-hetero) is 1. The molecule has 0 bridgehead atoms. The summed E-state index contributed by atoms with van der Waals surface area (Å²) in [5.41, 5.74) is 1.21. The van der Waals surface area contributed by atoms with Gasteiger partial charge in [0.25, 0.3) is 11.2 Å². The summed E-state index contributed by atoms with van der Waals surface area (Å²) in [5, 5.41) is 11.5. The van der Waals surface area contributed by atoms with E-state index in [-0.39, 0.29) is 23.4 Å². The summed E-state index contributed by atoms with van der Waals surface area (Å²) in [4.78, 5) is 41.9. The summed E-state index contributed by atoms with van der Waals surface area (Å²) in [6.07, 6.45) is 1.34. The number of ketones is 1. The summed E-state index contributed by atoms with van der Waals surface area (Å²) >= 11 is 1.41. The number of thiophene rings is 1. The third-order valence-corrected chi connectivity index (χ3v) is 5.71. The smallest absolute Gasteiger partial charge is 0.273 e. The van der Waals surface area contributed by atoms with Gasteiger partial charge < -0.3 is 0 Å². The fraction of sp³-hybridized carbons (Fsp3) is 0.0952. The molecule has 4 rings (SSSR count). The van der Waals surface area contributed by atoms with Crippen LogP contribution in [0.2, 0.25) is 0 Å². The highest BCUT2D eigenvalue weighted by molar-refractivity contribution is 7.21. The van der Waals surface area contributed by atoms with Crippen molar-refractivity contribution < 1.29 is 9.72 Å². The Balaban J connectivity index is 1.67. The zero-order valence-electron chi connectivity index (χ0n) is 15.4. The van der Waals surface area contributed by atoms with Gasteiger partial charge in [0, 0.05) is 22.1 Å². The van der Waals surface area contributed by atoms with Gasteiger partial charge >= 0.3 is 0 Å². The normalized spacial score (nSPS) is 10.9. The van der Waals surface area contributed by atoms with E-state index < -0.39 is 10.7 Å². The number of nitrogens with zero attached hydrogens (tertiary/aromatic N) is 3. The number of carbonyl (C=O) groups is 1. The monoisotopic (exact) mass is 405 g/mol. The van der Waals surface area contributed by atoms with E-state index in [1.165, 1.54) is 40.4 Å². The third kappa shape index (κ3) is 3.57. The molecule has 0 spiro atoms. The molecule has 29 heavy (non-hydrogen) atoms. The van der Waals surface area contributed by atoms with E-state index in [2.05, 4.69) is 4.98 Å². The first-order valence-electron chi connectivity index (χ1n) is 8.76. The van der Waals surface area contributed by atoms with Gasteiger partial charge in [-0.2, -0.15) is 0 Å². The number of hydrogen-bond donors (Lipinski definition) is 0. The number of aromatic nitrogens is 2. The third-order valence-electron chi connectivity index (χ3n) is 4.62. The zero-order valence-corrected chi connectivity index (χ0v) is 16.2. The van der Waals surface area contributed by atoms with Crippen molar-refractivity contribution >= 4 is 33.0 Å². The Hall–Kier alpha value is -3.65. The van der Waals surface area contributed by atoms with E-state index in [1.807, 2.05) is 30.3 Å². The molecule has 0 N–H and O–H groups in total. The van der Waals surface area contributed by atoms with E-state index in [1.54, 1.807) is 13.0 Å². The van der Waals surface area contributed by atoms with E-state index in [4.69, 9.17) is 0 Å². The molecule has 0 aliphatic rings. The van der Waals surface area contributed by atoms with Crippen molar-refractivity contribution in [1.82, 2.24) is 9.55 Å². The SMILES string of the molecule is Cc1ccc(C(=O)Cn2cnc3sc(-c4ccccc4)cc3c2=O)cc1[N+](=O)[O-]. The molecule has 0 saturated carbocycles. The van der Waals surface area contributed by atoms with Crippen LogP contribution >= 0.6 is 11.3 Å². The van der Waals surface area contributed by atoms with Gasteiger partial charge in [0.15, 0.2) is 5.78 Å². The average Bonchev–Trinajstić information content (AvgIpc) is 3.16. The fourth-order valence-corrected chi connectivity index (χ4v) is 4.04. The Kier molecular flexibility index (Phi) is 4.77. The highest BCUT2D eigenvalue weighted by Crippen LogP contribution is 2.30. The lowest BCUT2D eigenvalue weighted by atomic mass is 10.1. The number of benzene rings is 2. The standard InChI is InChI=1S/C21H15N3O4S/c1-13-7-8-15(9-17(13)24(27)28)18(25)11-23-12-22-20-16(21(23)26)10-19(29-20)14-5-3-2-4-6-14/h2-10,12H,11H2,1H3. The first kappa shape index (κ1) is 18.7. The summed E-state index contributed by atoms with van der Waals surface area (Å²) in [7, 11) is 0. The maximum Gasteiger partial charge on any atom is 0.273 e. The lowest BCUT2D eigenvalue weighted by molar-refractivity contribution is -0.385. The van der Waals surface area contributed by atoms with Crippen molar-refractivity contribution in [3.63, 3.8) is 0 Å². The predicted molar refractivity (Wildman–Crippen MR) is 111 cm³/mol. The van der Waals surface area contributed by atoms with E-state index in [0.29, 0.717) is 15.8 Å². The molecule has 2 aromatic heterocycles. The van der Waals surface area contributed by atoms with E-state index in [9.17, 15) is 19.7 Å². The summed E-state index contributed by atoms with van der Waals surface area (Å²) < 4.78 is 1.23. The first-order chi connectivity index (χ1) is 13.9. The van der Waals surface area contributed by atoms with Gasteiger partial charge in [-0.25, -0.2) is 4.98 Å². The number of nitro groups is 1. The first-order valence-corrected chi connectivity index (χ1v) is 9.58. The zero-order chi connectivity index (χ0) is 20.5. The Labute approximate surface area is 169 Å². The van der Waals surface area contributed by atoms with Crippen molar-refractivity contribution in [2.24, 2.45) is 0 Å². The van der Waals surface area contributed by atoms with Crippen LogP contribution in [0.5, 0.6) is 0 Å². The molecule has 0 unspecified atom stereocenters. The molecule has 2 aromatic carbocycles. The fourth-order valence-electron chi connectivity index (χ4n) is 3.04. The summed E-state index contributed by atoms with van der Waals surface area (Å²) in [6.45, 7) is 1.37. The van der Waals surface area contributed by atoms with Crippen molar-refractivity contribution in [3.8, 4) is 10.4 Å². The molecule has 0 aliphatic carbocycles. The van der Waals surface area contributed by atoms with Crippen LogP contribution in [-0.4, -0.2) is 20.3 Å². The number of fused-ring (bicyclic) bond motifs is 1. The molecule has 0 amide bonds. The van der Waals surface area contributed by atoms with Crippen LogP contribution in [0.4, 0.5) is 5.69 Å². The second kappa shape index (κ2) is 7.40. The van der Waals surface area contributed by atoms with Crippen molar-refractivity contribution in [2.75, 3.05) is 0 Å². The maximum absolute atomic E-state index is 12.8. The molecule has 0 saturated heterocycles. The molecule has 4 aromatic rings. The van der Waals surface area contributed by atoms with Gasteiger partial charge in [-0.05, 0) is 18.6 Å². The lowest BCUT2D eigenvalue weighted by Gasteiger charge is -2.05. The quantitative estimate of drug-likeness (QED) is 0.281. The van der Waals surface area contributed by atoms with Crippen molar-refractivity contribution in [3.05, 3.63) is 92.5 Å². The van der Waals surface area contributed by atoms with Gasteiger partial charge in [0.2, 0.25) is 0 Å². The number of carbonyl (C=O) groups excluding carboxylic acids is 1. The van der Waals surface area contributed by atoms with Crippen LogP contribution in [0, 0.1) is 17.0 Å². The van der Waals surface area contributed by atoms with Gasteiger partial charge in [-0.1, -0.05) is 42.5 Å². The van der Waals surface area contributed by atoms with Crippen molar-refractivity contribution in [1.29, 1.82) is 0 Å². The van der Waals surface area contributed by atoms with Crippen LogP contribution in [0.3, 0.4) is 0 Å². The molecule has 144 valence electrons. The van der Waals surface area contributed by atoms with Gasteiger partial charge in [0.05, 0.1) is 23.2 Å². The number of nitro benzene ring substituents is 1. The van der Waals surface area contributed by atoms with Crippen LogP contribution in [0.15, 0.2) is 65.7 Å². The van der Waals surface area contributed by atoms with Crippen LogP contribution < -0.4 is 5.56 Å². The minimum absolute atomic E-state index is 0.123. The van der Waals surface area contributed by atoms with E-state index in [0.717, 1.165) is 10.4 Å². The van der Waals surface area contributed by atoms with Gasteiger partial charge in [-0.3, -0.25) is 24.3 Å². The molecule has 2 heterocycles. The molecule has 0 aliphatic heterocycles. The second-order valence-electron chi connectivity index (χ2n) is 6.55. The topological polar surface area (TPSA) is 95.1 Å². The van der Waals surface area contributed by atoms with Crippen LogP contribution in [0.1, 0.15) is 15.9 Å². The highest BCUT2D eigenvalue weighted by Gasteiger charge is 2.17. The van der Waals surface area contributed by atoms with E-state index >= 15 is 0 Å². The minimum atomic E-state index is -0.525. The molecule has 7 nitrogen and oxygen atoms in total. The van der Waals surface area contributed by atoms with Gasteiger partial charge in [0.1, 0.15) is 4.83 Å². The Morgan fingerprint density at radius 2 is 1.93 bits per heavy atom. The van der Waals surface area contributed by atoms with Crippen LogP contribution in [0.25, 0.3) is 20.7 Å². The summed E-state index contributed by atoms with van der Waals surface area (Å²) in [5.74, 6) is -0.394. The predicted octanol–water partition coefficient (Wildman–Crippen LogP) is 4.22. The largest absolute Gasteiger partial charge is 0.292 e. The Morgan fingerprint density at radius 1 is 1.17 bits per heavy atom. The van der Waals surface area contributed by atoms with Gasteiger partial charge in [-0.15, -0.1) is 11.3 Å². The Bertz CT molecular complexity index is 1310. The van der Waals surface area contributed by atoms with Crippen molar-refractivity contribution in [2.45, 2.75) is 13.5 Å². The minimum Gasteiger partial charge on any atom is -0.292 e. The maximum atomic E-state index is 12.8. The number of rotatable bonds is 5. The molecule has 0 radical (unpaired) electrons. The molecular formula is C21H15N3O4S. The average molecular weight is 405 g/mol. The number of aryl methyl sites for hydroxylation is 1. The molecular weight excluding hydrogens is 390 g/mol. The molecule has 0 atom stereocenters. The van der Waals surface area contributed by atoms with Crippen LogP contribution in [-0.2, 0) is 6.54 Å². The highest BCUT2D eigenvalue weighted by atomic mass is 32.1. The molecule has 8 heteroatoms. The second-order valence-corrected chi connectivity index (χ2v) is 7.59. The summed E-state index contributed by atoms with van der Waals surface area (Å²) in [6, 6.07) is 15.8. The molecule has 0 fully saturated rings.